The summed E-state index contributed by atoms with van der Waals surface area (Å²) in [6.07, 6.45) is -0.448. The van der Waals surface area contributed by atoms with Crippen LogP contribution in [-0.2, 0) is 20.8 Å². The van der Waals surface area contributed by atoms with Crippen molar-refractivity contribution in [3.8, 4) is 11.6 Å². The van der Waals surface area contributed by atoms with Crippen LogP contribution in [0.1, 0.15) is 19.4 Å². The molecule has 0 radical (unpaired) electrons. The maximum Gasteiger partial charge on any atom is 0.515 e. The molecule has 8 heteroatoms. The Bertz CT molecular complexity index is 489. The van der Waals surface area contributed by atoms with Gasteiger partial charge in [-0.3, -0.25) is 0 Å². The number of pyridine rings is 1. The Morgan fingerprint density at radius 2 is 1.71 bits per heavy atom. The molecule has 0 amide bonds. The van der Waals surface area contributed by atoms with Gasteiger partial charge in [0.1, 0.15) is 0 Å². The van der Waals surface area contributed by atoms with Crippen LogP contribution in [-0.4, -0.2) is 37.6 Å². The van der Waals surface area contributed by atoms with E-state index in [9.17, 15) is 9.59 Å². The summed E-state index contributed by atoms with van der Waals surface area (Å²) in [4.78, 5) is 26.6. The lowest BCUT2D eigenvalue weighted by Crippen LogP contribution is -2.15. The van der Waals surface area contributed by atoms with Crippen LogP contribution < -0.4 is 9.47 Å². The SMILES string of the molecule is CCOC(=O)Oc1cc(COC)cnc1OC(=O)OCC. The fourth-order valence-electron chi connectivity index (χ4n) is 1.33. The Morgan fingerprint density at radius 1 is 1.10 bits per heavy atom. The highest BCUT2D eigenvalue weighted by Crippen LogP contribution is 2.26. The molecule has 8 nitrogen and oxygen atoms in total. The third-order valence-corrected chi connectivity index (χ3v) is 2.08. The van der Waals surface area contributed by atoms with Crippen molar-refractivity contribution in [3.63, 3.8) is 0 Å². The fourth-order valence-corrected chi connectivity index (χ4v) is 1.33. The number of aromatic nitrogens is 1. The van der Waals surface area contributed by atoms with Gasteiger partial charge in [-0.15, -0.1) is 0 Å². The van der Waals surface area contributed by atoms with Crippen molar-refractivity contribution >= 4 is 12.3 Å². The van der Waals surface area contributed by atoms with E-state index in [2.05, 4.69) is 14.5 Å². The number of methoxy groups -OCH3 is 1. The first-order valence-corrected chi connectivity index (χ1v) is 6.27. The van der Waals surface area contributed by atoms with Crippen LogP contribution in [0.2, 0.25) is 0 Å². The Labute approximate surface area is 121 Å². The van der Waals surface area contributed by atoms with E-state index in [0.29, 0.717) is 5.56 Å². The highest BCUT2D eigenvalue weighted by molar-refractivity contribution is 5.68. The van der Waals surface area contributed by atoms with E-state index < -0.39 is 12.3 Å². The van der Waals surface area contributed by atoms with E-state index in [-0.39, 0.29) is 31.5 Å². The molecular formula is C13H17NO7. The van der Waals surface area contributed by atoms with E-state index in [4.69, 9.17) is 14.2 Å². The van der Waals surface area contributed by atoms with E-state index in [0.717, 1.165) is 0 Å². The zero-order chi connectivity index (χ0) is 15.7. The van der Waals surface area contributed by atoms with Crippen LogP contribution in [0.3, 0.4) is 0 Å². The molecule has 0 fully saturated rings. The molecule has 1 aromatic rings. The largest absolute Gasteiger partial charge is 0.515 e. The van der Waals surface area contributed by atoms with Gasteiger partial charge in [0.2, 0.25) is 0 Å². The maximum absolute atomic E-state index is 11.4. The predicted molar refractivity (Wildman–Crippen MR) is 70.3 cm³/mol. The summed E-state index contributed by atoms with van der Waals surface area (Å²) in [6, 6.07) is 1.46. The molecular weight excluding hydrogens is 282 g/mol. The van der Waals surface area contributed by atoms with Gasteiger partial charge in [0.25, 0.3) is 5.88 Å². The first-order valence-electron chi connectivity index (χ1n) is 6.27. The van der Waals surface area contributed by atoms with Crippen molar-refractivity contribution in [1.82, 2.24) is 4.98 Å². The zero-order valence-corrected chi connectivity index (χ0v) is 12.1. The molecule has 0 N–H and O–H groups in total. The summed E-state index contributed by atoms with van der Waals surface area (Å²) in [6.45, 7) is 3.82. The highest BCUT2D eigenvalue weighted by atomic mass is 16.7. The predicted octanol–water partition coefficient (Wildman–Crippen LogP) is 2.30. The van der Waals surface area contributed by atoms with Crippen LogP contribution in [0.5, 0.6) is 11.6 Å². The van der Waals surface area contributed by atoms with Gasteiger partial charge in [0.15, 0.2) is 5.75 Å². The lowest BCUT2D eigenvalue weighted by Gasteiger charge is -2.10. The molecule has 0 aliphatic rings. The van der Waals surface area contributed by atoms with Gasteiger partial charge in [-0.1, -0.05) is 0 Å². The zero-order valence-electron chi connectivity index (χ0n) is 12.1. The van der Waals surface area contributed by atoms with Gasteiger partial charge in [-0.2, -0.15) is 0 Å². The molecule has 0 atom stereocenters. The lowest BCUT2D eigenvalue weighted by molar-refractivity contribution is 0.0923. The van der Waals surface area contributed by atoms with Gasteiger partial charge < -0.3 is 23.7 Å². The minimum atomic E-state index is -0.946. The smallest absolute Gasteiger partial charge is 0.434 e. The second-order valence-electron chi connectivity index (χ2n) is 3.65. The van der Waals surface area contributed by atoms with Gasteiger partial charge in [0, 0.05) is 18.9 Å². The standard InChI is InChI=1S/C13H17NO7/c1-4-18-12(15)20-10-6-9(8-17-3)7-14-11(10)21-13(16)19-5-2/h6-7H,4-5,8H2,1-3H3. The summed E-state index contributed by atoms with van der Waals surface area (Å²) in [5.74, 6) is -0.252. The topological polar surface area (TPSA) is 93.2 Å². The normalized spacial score (nSPS) is 9.86. The Morgan fingerprint density at radius 3 is 2.29 bits per heavy atom. The molecule has 0 aromatic carbocycles. The molecule has 0 bridgehead atoms. The summed E-state index contributed by atoms with van der Waals surface area (Å²) in [7, 11) is 1.51. The molecule has 1 heterocycles. The highest BCUT2D eigenvalue weighted by Gasteiger charge is 2.17. The second-order valence-corrected chi connectivity index (χ2v) is 3.65. The molecule has 0 unspecified atom stereocenters. The van der Waals surface area contributed by atoms with Crippen molar-refractivity contribution in [2.45, 2.75) is 20.5 Å². The van der Waals surface area contributed by atoms with Gasteiger partial charge >= 0.3 is 12.3 Å². The molecule has 0 saturated carbocycles. The Balaban J connectivity index is 2.93. The van der Waals surface area contributed by atoms with E-state index in [1.165, 1.54) is 19.4 Å². The lowest BCUT2D eigenvalue weighted by atomic mass is 10.3. The maximum atomic E-state index is 11.4. The van der Waals surface area contributed by atoms with Crippen molar-refractivity contribution < 1.29 is 33.3 Å². The van der Waals surface area contributed by atoms with Gasteiger partial charge in [0.05, 0.1) is 19.8 Å². The fraction of sp³-hybridized carbons (Fsp3) is 0.462. The number of hydrogen-bond acceptors (Lipinski definition) is 8. The van der Waals surface area contributed by atoms with Crippen LogP contribution in [0.25, 0.3) is 0 Å². The molecule has 1 aromatic heterocycles. The molecule has 0 aliphatic carbocycles. The van der Waals surface area contributed by atoms with E-state index >= 15 is 0 Å². The van der Waals surface area contributed by atoms with Crippen LogP contribution in [0.4, 0.5) is 9.59 Å². The first kappa shape index (κ1) is 16.7. The summed E-state index contributed by atoms with van der Waals surface area (Å²) < 4.78 is 24.0. The summed E-state index contributed by atoms with van der Waals surface area (Å²) >= 11 is 0. The monoisotopic (exact) mass is 299 g/mol. The molecule has 116 valence electrons. The summed E-state index contributed by atoms with van der Waals surface area (Å²) in [5.41, 5.74) is 0.632. The number of nitrogens with zero attached hydrogens (tertiary/aromatic N) is 1. The Hall–Kier alpha value is -2.35. The summed E-state index contributed by atoms with van der Waals surface area (Å²) in [5, 5.41) is 0. The number of rotatable bonds is 6. The third-order valence-electron chi connectivity index (χ3n) is 2.08. The molecule has 0 saturated heterocycles. The molecule has 1 rings (SSSR count). The Kier molecular flexibility index (Phi) is 6.96. The number of ether oxygens (including phenoxy) is 5. The molecule has 0 spiro atoms. The number of carbonyl (C=O) groups is 2. The van der Waals surface area contributed by atoms with Gasteiger partial charge in [-0.25, -0.2) is 14.6 Å². The average molecular weight is 299 g/mol. The van der Waals surface area contributed by atoms with Crippen molar-refractivity contribution in [2.24, 2.45) is 0 Å². The second kappa shape index (κ2) is 8.75. The molecule has 21 heavy (non-hydrogen) atoms. The van der Waals surface area contributed by atoms with Crippen molar-refractivity contribution in [3.05, 3.63) is 17.8 Å². The van der Waals surface area contributed by atoms with E-state index in [1.54, 1.807) is 13.8 Å². The first-order chi connectivity index (χ1) is 10.1. The van der Waals surface area contributed by atoms with Crippen molar-refractivity contribution in [2.75, 3.05) is 20.3 Å². The number of carbonyl (C=O) groups excluding carboxylic acids is 2. The average Bonchev–Trinajstić information content (AvgIpc) is 2.42. The molecule has 0 aliphatic heterocycles. The van der Waals surface area contributed by atoms with Crippen molar-refractivity contribution in [1.29, 1.82) is 0 Å². The minimum absolute atomic E-state index is 0.0592. The minimum Gasteiger partial charge on any atom is -0.434 e. The van der Waals surface area contributed by atoms with Crippen LogP contribution >= 0.6 is 0 Å². The number of hydrogen-bond donors (Lipinski definition) is 0. The quantitative estimate of drug-likeness (QED) is 0.739. The van der Waals surface area contributed by atoms with Crippen LogP contribution in [0.15, 0.2) is 12.3 Å². The van der Waals surface area contributed by atoms with Crippen LogP contribution in [0, 0.1) is 0 Å². The van der Waals surface area contributed by atoms with E-state index in [1.807, 2.05) is 0 Å². The van der Waals surface area contributed by atoms with Gasteiger partial charge in [-0.05, 0) is 19.9 Å². The third kappa shape index (κ3) is 5.65.